The Bertz CT molecular complexity index is 319. The first-order chi connectivity index (χ1) is 9.27. The van der Waals surface area contributed by atoms with Crippen molar-refractivity contribution in [3.05, 3.63) is 29.8 Å². The highest BCUT2D eigenvalue weighted by atomic mass is 15.1. The standard InChI is InChI=1S/C17H30N2/c1-4-13-18-14-7-6-8-15-19(5-2)17-11-9-16(3)10-12-17/h9-12,18H,4-8,13-15H2,1-3H3. The second-order valence-corrected chi connectivity index (χ2v) is 5.23. The molecule has 0 heterocycles. The maximum absolute atomic E-state index is 3.46. The summed E-state index contributed by atoms with van der Waals surface area (Å²) in [5.74, 6) is 0. The van der Waals surface area contributed by atoms with Gasteiger partial charge in [0.1, 0.15) is 0 Å². The van der Waals surface area contributed by atoms with Crippen LogP contribution < -0.4 is 10.2 Å². The number of unbranched alkanes of at least 4 members (excludes halogenated alkanes) is 2. The van der Waals surface area contributed by atoms with E-state index in [-0.39, 0.29) is 0 Å². The molecular weight excluding hydrogens is 232 g/mol. The van der Waals surface area contributed by atoms with Crippen LogP contribution in [0.4, 0.5) is 5.69 Å². The average molecular weight is 262 g/mol. The number of benzene rings is 1. The number of nitrogens with one attached hydrogen (secondary N) is 1. The van der Waals surface area contributed by atoms with E-state index in [9.17, 15) is 0 Å². The van der Waals surface area contributed by atoms with Gasteiger partial charge in [-0.3, -0.25) is 0 Å². The summed E-state index contributed by atoms with van der Waals surface area (Å²) in [5, 5.41) is 3.46. The molecule has 0 aliphatic rings. The van der Waals surface area contributed by atoms with Gasteiger partial charge in [0, 0.05) is 18.8 Å². The second kappa shape index (κ2) is 9.85. The van der Waals surface area contributed by atoms with Gasteiger partial charge in [0.05, 0.1) is 0 Å². The summed E-state index contributed by atoms with van der Waals surface area (Å²) in [7, 11) is 0. The molecule has 1 aromatic rings. The molecule has 108 valence electrons. The van der Waals surface area contributed by atoms with Crippen LogP contribution in [0.1, 0.15) is 45.1 Å². The van der Waals surface area contributed by atoms with Crippen LogP contribution in [0.25, 0.3) is 0 Å². The molecule has 2 heteroatoms. The Morgan fingerprint density at radius 2 is 1.68 bits per heavy atom. The predicted octanol–water partition coefficient (Wildman–Crippen LogP) is 3.99. The molecule has 0 amide bonds. The van der Waals surface area contributed by atoms with Crippen LogP contribution in [-0.2, 0) is 0 Å². The maximum atomic E-state index is 3.46. The van der Waals surface area contributed by atoms with E-state index in [1.54, 1.807) is 0 Å². The third-order valence-electron chi connectivity index (χ3n) is 3.49. The molecule has 0 aromatic heterocycles. The molecule has 1 aromatic carbocycles. The summed E-state index contributed by atoms with van der Waals surface area (Å²) in [6.07, 6.45) is 5.14. The number of rotatable bonds is 10. The third-order valence-corrected chi connectivity index (χ3v) is 3.49. The van der Waals surface area contributed by atoms with Gasteiger partial charge in [-0.15, -0.1) is 0 Å². The number of hydrogen-bond acceptors (Lipinski definition) is 2. The highest BCUT2D eigenvalue weighted by Gasteiger charge is 2.03. The van der Waals surface area contributed by atoms with Crippen LogP contribution in [0.15, 0.2) is 24.3 Å². The summed E-state index contributed by atoms with van der Waals surface area (Å²) in [6.45, 7) is 11.2. The van der Waals surface area contributed by atoms with Gasteiger partial charge in [-0.05, 0) is 58.3 Å². The van der Waals surface area contributed by atoms with E-state index in [1.165, 1.54) is 50.0 Å². The highest BCUT2D eigenvalue weighted by Crippen LogP contribution is 2.15. The van der Waals surface area contributed by atoms with Crippen molar-refractivity contribution in [2.24, 2.45) is 0 Å². The zero-order valence-corrected chi connectivity index (χ0v) is 12.9. The molecule has 0 atom stereocenters. The van der Waals surface area contributed by atoms with Crippen LogP contribution in [0.2, 0.25) is 0 Å². The lowest BCUT2D eigenvalue weighted by Crippen LogP contribution is -2.24. The average Bonchev–Trinajstić information content (AvgIpc) is 2.43. The van der Waals surface area contributed by atoms with Crippen LogP contribution in [0, 0.1) is 6.92 Å². The molecule has 0 saturated heterocycles. The molecule has 0 saturated carbocycles. The fraction of sp³-hybridized carbons (Fsp3) is 0.647. The molecule has 0 bridgehead atoms. The van der Waals surface area contributed by atoms with Crippen LogP contribution in [0.5, 0.6) is 0 Å². The van der Waals surface area contributed by atoms with Gasteiger partial charge in [0.2, 0.25) is 0 Å². The maximum Gasteiger partial charge on any atom is 0.0366 e. The van der Waals surface area contributed by atoms with Gasteiger partial charge in [-0.1, -0.05) is 31.0 Å². The van der Waals surface area contributed by atoms with E-state index in [1.807, 2.05) is 0 Å². The quantitative estimate of drug-likeness (QED) is 0.641. The first-order valence-corrected chi connectivity index (χ1v) is 7.80. The largest absolute Gasteiger partial charge is 0.372 e. The Kier molecular flexibility index (Phi) is 8.31. The zero-order chi connectivity index (χ0) is 13.9. The van der Waals surface area contributed by atoms with Gasteiger partial charge in [-0.2, -0.15) is 0 Å². The minimum Gasteiger partial charge on any atom is -0.372 e. The van der Waals surface area contributed by atoms with Gasteiger partial charge in [-0.25, -0.2) is 0 Å². The number of hydrogen-bond donors (Lipinski definition) is 1. The Morgan fingerprint density at radius 1 is 0.947 bits per heavy atom. The Balaban J connectivity index is 2.20. The van der Waals surface area contributed by atoms with E-state index in [0.717, 1.165) is 13.1 Å². The monoisotopic (exact) mass is 262 g/mol. The minimum atomic E-state index is 1.09. The summed E-state index contributed by atoms with van der Waals surface area (Å²) in [5.41, 5.74) is 2.69. The van der Waals surface area contributed by atoms with Crippen molar-refractivity contribution in [2.75, 3.05) is 31.1 Å². The van der Waals surface area contributed by atoms with E-state index in [2.05, 4.69) is 55.3 Å². The molecule has 1 rings (SSSR count). The molecule has 2 nitrogen and oxygen atoms in total. The SMILES string of the molecule is CCCNCCCCCN(CC)c1ccc(C)cc1. The lowest BCUT2D eigenvalue weighted by molar-refractivity contribution is 0.594. The molecule has 0 aliphatic heterocycles. The zero-order valence-electron chi connectivity index (χ0n) is 12.9. The second-order valence-electron chi connectivity index (χ2n) is 5.23. The molecule has 0 unspecified atom stereocenters. The number of aryl methyl sites for hydroxylation is 1. The van der Waals surface area contributed by atoms with Crippen molar-refractivity contribution in [3.63, 3.8) is 0 Å². The fourth-order valence-electron chi connectivity index (χ4n) is 2.26. The Morgan fingerprint density at radius 3 is 2.32 bits per heavy atom. The van der Waals surface area contributed by atoms with Crippen molar-refractivity contribution in [3.8, 4) is 0 Å². The lowest BCUT2D eigenvalue weighted by Gasteiger charge is -2.23. The van der Waals surface area contributed by atoms with E-state index < -0.39 is 0 Å². The lowest BCUT2D eigenvalue weighted by atomic mass is 10.2. The topological polar surface area (TPSA) is 15.3 Å². The molecule has 19 heavy (non-hydrogen) atoms. The van der Waals surface area contributed by atoms with Crippen molar-refractivity contribution in [1.82, 2.24) is 5.32 Å². The smallest absolute Gasteiger partial charge is 0.0366 e. The third kappa shape index (κ3) is 6.63. The van der Waals surface area contributed by atoms with Gasteiger partial charge >= 0.3 is 0 Å². The van der Waals surface area contributed by atoms with Crippen LogP contribution in [-0.4, -0.2) is 26.2 Å². The molecule has 0 radical (unpaired) electrons. The molecule has 0 aliphatic carbocycles. The molecule has 0 fully saturated rings. The fourth-order valence-corrected chi connectivity index (χ4v) is 2.26. The van der Waals surface area contributed by atoms with Crippen LogP contribution in [0.3, 0.4) is 0 Å². The molecule has 0 spiro atoms. The van der Waals surface area contributed by atoms with Crippen molar-refractivity contribution >= 4 is 5.69 Å². The Hall–Kier alpha value is -1.02. The first-order valence-electron chi connectivity index (χ1n) is 7.80. The molecular formula is C17H30N2. The van der Waals surface area contributed by atoms with Gasteiger partial charge in [0.25, 0.3) is 0 Å². The van der Waals surface area contributed by atoms with Crippen LogP contribution >= 0.6 is 0 Å². The summed E-state index contributed by atoms with van der Waals surface area (Å²) >= 11 is 0. The van der Waals surface area contributed by atoms with Crippen molar-refractivity contribution in [2.45, 2.75) is 46.5 Å². The minimum absolute atomic E-state index is 1.09. The first kappa shape index (κ1) is 16.0. The van der Waals surface area contributed by atoms with Crippen molar-refractivity contribution in [1.29, 1.82) is 0 Å². The van der Waals surface area contributed by atoms with E-state index >= 15 is 0 Å². The summed E-state index contributed by atoms with van der Waals surface area (Å²) < 4.78 is 0. The Labute approximate surface area is 119 Å². The predicted molar refractivity (Wildman–Crippen MR) is 86.1 cm³/mol. The van der Waals surface area contributed by atoms with E-state index in [4.69, 9.17) is 0 Å². The van der Waals surface area contributed by atoms with Gasteiger partial charge in [0.15, 0.2) is 0 Å². The number of anilines is 1. The normalized spacial score (nSPS) is 10.7. The summed E-state index contributed by atoms with van der Waals surface area (Å²) in [6, 6.07) is 8.88. The van der Waals surface area contributed by atoms with E-state index in [0.29, 0.717) is 0 Å². The van der Waals surface area contributed by atoms with Crippen molar-refractivity contribution < 1.29 is 0 Å². The number of nitrogens with zero attached hydrogens (tertiary/aromatic N) is 1. The summed E-state index contributed by atoms with van der Waals surface area (Å²) in [4.78, 5) is 2.47. The van der Waals surface area contributed by atoms with Gasteiger partial charge < -0.3 is 10.2 Å². The molecule has 1 N–H and O–H groups in total. The highest BCUT2D eigenvalue weighted by molar-refractivity contribution is 5.47.